The number of ether oxygens (including phenoxy) is 1. The Kier molecular flexibility index (Phi) is 3.81. The molecule has 1 aliphatic carbocycles. The summed E-state index contributed by atoms with van der Waals surface area (Å²) in [4.78, 5) is 22.6. The molecule has 0 bridgehead atoms. The van der Waals surface area contributed by atoms with Gasteiger partial charge in [-0.25, -0.2) is 0 Å². The first kappa shape index (κ1) is 14.0. The minimum atomic E-state index is -0.790. The van der Waals surface area contributed by atoms with Gasteiger partial charge in [-0.1, -0.05) is 0 Å². The molecular formula is C12H21NO4. The van der Waals surface area contributed by atoms with Gasteiger partial charge in [-0.3, -0.25) is 9.59 Å². The van der Waals surface area contributed by atoms with E-state index in [1.165, 1.54) is 0 Å². The number of nitrogens with one attached hydrogen (secondary N) is 1. The largest absolute Gasteiger partial charge is 0.481 e. The second kappa shape index (κ2) is 4.64. The van der Waals surface area contributed by atoms with Crippen LogP contribution >= 0.6 is 0 Å². The molecule has 0 radical (unpaired) electrons. The lowest BCUT2D eigenvalue weighted by molar-refractivity contribution is -0.157. The molecule has 5 heteroatoms. The minimum Gasteiger partial charge on any atom is -0.481 e. The highest BCUT2D eigenvalue weighted by Crippen LogP contribution is 2.45. The van der Waals surface area contributed by atoms with Crippen LogP contribution in [0.1, 0.15) is 40.5 Å². The van der Waals surface area contributed by atoms with Crippen molar-refractivity contribution in [2.45, 2.75) is 52.2 Å². The lowest BCUT2D eigenvalue weighted by Gasteiger charge is -2.23. The maximum atomic E-state index is 11.6. The zero-order chi connectivity index (χ0) is 13.3. The van der Waals surface area contributed by atoms with Crippen molar-refractivity contribution in [1.82, 2.24) is 5.32 Å². The maximum absolute atomic E-state index is 11.6. The first-order valence-corrected chi connectivity index (χ1v) is 5.86. The predicted molar refractivity (Wildman–Crippen MR) is 62.6 cm³/mol. The van der Waals surface area contributed by atoms with Crippen molar-refractivity contribution in [3.63, 3.8) is 0 Å². The van der Waals surface area contributed by atoms with Gasteiger partial charge in [0, 0.05) is 6.54 Å². The zero-order valence-electron chi connectivity index (χ0n) is 10.9. The molecular weight excluding hydrogens is 222 g/mol. The third-order valence-corrected chi connectivity index (χ3v) is 2.81. The molecule has 5 nitrogen and oxygen atoms in total. The van der Waals surface area contributed by atoms with Crippen molar-refractivity contribution in [2.24, 2.45) is 5.41 Å². The monoisotopic (exact) mass is 243 g/mol. The van der Waals surface area contributed by atoms with E-state index in [9.17, 15) is 9.59 Å². The van der Waals surface area contributed by atoms with Gasteiger partial charge in [0.1, 0.15) is 11.6 Å². The highest BCUT2D eigenvalue weighted by atomic mass is 16.6. The molecule has 0 spiro atoms. The molecule has 1 rings (SSSR count). The first-order valence-electron chi connectivity index (χ1n) is 5.86. The second-order valence-electron chi connectivity index (χ2n) is 5.72. The van der Waals surface area contributed by atoms with Crippen LogP contribution in [0.3, 0.4) is 0 Å². The van der Waals surface area contributed by atoms with E-state index in [1.807, 2.05) is 0 Å². The number of carbonyl (C=O) groups excluding carboxylic acids is 1. The van der Waals surface area contributed by atoms with E-state index in [-0.39, 0.29) is 5.97 Å². The van der Waals surface area contributed by atoms with Gasteiger partial charge in [-0.2, -0.15) is 0 Å². The van der Waals surface area contributed by atoms with Crippen molar-refractivity contribution in [2.75, 3.05) is 6.54 Å². The van der Waals surface area contributed by atoms with Crippen LogP contribution in [0.25, 0.3) is 0 Å². The molecule has 1 aliphatic rings. The van der Waals surface area contributed by atoms with Gasteiger partial charge in [0.2, 0.25) is 0 Å². The molecule has 0 aromatic carbocycles. The van der Waals surface area contributed by atoms with E-state index < -0.39 is 23.0 Å². The number of hydrogen-bond acceptors (Lipinski definition) is 4. The van der Waals surface area contributed by atoms with Crippen LogP contribution < -0.4 is 5.32 Å². The maximum Gasteiger partial charge on any atom is 0.323 e. The van der Waals surface area contributed by atoms with Crippen LogP contribution in [-0.4, -0.2) is 35.2 Å². The summed E-state index contributed by atoms with van der Waals surface area (Å²) >= 11 is 0. The van der Waals surface area contributed by atoms with Gasteiger partial charge in [-0.15, -0.1) is 0 Å². The van der Waals surface area contributed by atoms with Crippen LogP contribution in [0.2, 0.25) is 0 Å². The molecule has 1 fully saturated rings. The fraction of sp³-hybridized carbons (Fsp3) is 0.833. The zero-order valence-corrected chi connectivity index (χ0v) is 10.9. The Morgan fingerprint density at radius 2 is 1.94 bits per heavy atom. The molecule has 0 aliphatic heterocycles. The average molecular weight is 243 g/mol. The second-order valence-corrected chi connectivity index (χ2v) is 5.72. The van der Waals surface area contributed by atoms with Gasteiger partial charge in [0.15, 0.2) is 0 Å². The van der Waals surface area contributed by atoms with Crippen LogP contribution in [0.5, 0.6) is 0 Å². The third kappa shape index (κ3) is 4.00. The topological polar surface area (TPSA) is 75.6 Å². The molecule has 1 atom stereocenters. The summed E-state index contributed by atoms with van der Waals surface area (Å²) < 4.78 is 5.20. The van der Waals surface area contributed by atoms with E-state index in [0.717, 1.165) is 0 Å². The molecule has 0 aromatic heterocycles. The SMILES string of the molecule is CC(NCC1(C(=O)O)CC1)C(=O)OC(C)(C)C. The Morgan fingerprint density at radius 1 is 1.41 bits per heavy atom. The summed E-state index contributed by atoms with van der Waals surface area (Å²) in [5, 5.41) is 11.9. The van der Waals surface area contributed by atoms with E-state index >= 15 is 0 Å². The molecule has 2 N–H and O–H groups in total. The van der Waals surface area contributed by atoms with E-state index in [2.05, 4.69) is 5.32 Å². The normalized spacial score (nSPS) is 19.5. The standard InChI is InChI=1S/C12H21NO4/c1-8(9(14)17-11(2,3)4)13-7-12(5-6-12)10(15)16/h8,13H,5-7H2,1-4H3,(H,15,16). The van der Waals surface area contributed by atoms with Crippen LogP contribution in [0, 0.1) is 5.41 Å². The summed E-state index contributed by atoms with van der Waals surface area (Å²) in [6, 6.07) is -0.481. The molecule has 0 amide bonds. The summed E-state index contributed by atoms with van der Waals surface area (Å²) in [7, 11) is 0. The van der Waals surface area contributed by atoms with Gasteiger partial charge in [0.05, 0.1) is 5.41 Å². The molecule has 1 unspecified atom stereocenters. The van der Waals surface area contributed by atoms with Crippen molar-refractivity contribution < 1.29 is 19.4 Å². The number of carboxylic acid groups (broad SMARTS) is 1. The van der Waals surface area contributed by atoms with Crippen molar-refractivity contribution in [3.05, 3.63) is 0 Å². The quantitative estimate of drug-likeness (QED) is 0.709. The van der Waals surface area contributed by atoms with Crippen molar-refractivity contribution in [3.8, 4) is 0 Å². The van der Waals surface area contributed by atoms with E-state index in [1.54, 1.807) is 27.7 Å². The summed E-state index contributed by atoms with van der Waals surface area (Å²) in [6.07, 6.45) is 1.35. The van der Waals surface area contributed by atoms with Crippen LogP contribution in [0.4, 0.5) is 0 Å². The number of esters is 1. The number of rotatable bonds is 5. The Labute approximate surface area is 102 Å². The summed E-state index contributed by atoms with van der Waals surface area (Å²) in [6.45, 7) is 7.42. The highest BCUT2D eigenvalue weighted by molar-refractivity contribution is 5.79. The molecule has 98 valence electrons. The van der Waals surface area contributed by atoms with Crippen LogP contribution in [-0.2, 0) is 14.3 Å². The van der Waals surface area contributed by atoms with Crippen molar-refractivity contribution in [1.29, 1.82) is 0 Å². The predicted octanol–water partition coefficient (Wildman–Crippen LogP) is 1.17. The summed E-state index contributed by atoms with van der Waals surface area (Å²) in [5.74, 6) is -1.14. The molecule has 1 saturated carbocycles. The highest BCUT2D eigenvalue weighted by Gasteiger charge is 2.50. The van der Waals surface area contributed by atoms with Gasteiger partial charge >= 0.3 is 11.9 Å². The Morgan fingerprint density at radius 3 is 2.29 bits per heavy atom. The first-order chi connectivity index (χ1) is 7.66. The lowest BCUT2D eigenvalue weighted by Crippen LogP contribution is -2.42. The molecule has 17 heavy (non-hydrogen) atoms. The van der Waals surface area contributed by atoms with E-state index in [4.69, 9.17) is 9.84 Å². The number of hydrogen-bond donors (Lipinski definition) is 2. The third-order valence-electron chi connectivity index (χ3n) is 2.81. The summed E-state index contributed by atoms with van der Waals surface area (Å²) in [5.41, 5.74) is -1.17. The lowest BCUT2D eigenvalue weighted by atomic mass is 10.1. The van der Waals surface area contributed by atoms with Gasteiger partial charge in [-0.05, 0) is 40.5 Å². The van der Waals surface area contributed by atoms with Gasteiger partial charge < -0.3 is 15.2 Å². The van der Waals surface area contributed by atoms with Crippen molar-refractivity contribution >= 4 is 11.9 Å². The smallest absolute Gasteiger partial charge is 0.323 e. The fourth-order valence-electron chi connectivity index (χ4n) is 1.44. The molecule has 0 heterocycles. The Hall–Kier alpha value is -1.10. The minimum absolute atomic E-state index is 0.322. The fourth-order valence-corrected chi connectivity index (χ4v) is 1.44. The Balaban J connectivity index is 2.37. The molecule has 0 aromatic rings. The number of carbonyl (C=O) groups is 2. The van der Waals surface area contributed by atoms with Crippen LogP contribution in [0.15, 0.2) is 0 Å². The molecule has 0 saturated heterocycles. The van der Waals surface area contributed by atoms with E-state index in [0.29, 0.717) is 19.4 Å². The van der Waals surface area contributed by atoms with Gasteiger partial charge in [0.25, 0.3) is 0 Å². The Bertz CT molecular complexity index is 315. The number of aliphatic carboxylic acids is 1. The average Bonchev–Trinajstić information content (AvgIpc) is 2.92. The number of carboxylic acids is 1.